The number of aromatic amines is 1. The molecule has 0 spiro atoms. The van der Waals surface area contributed by atoms with Gasteiger partial charge in [0.1, 0.15) is 23.3 Å². The van der Waals surface area contributed by atoms with Gasteiger partial charge in [0.2, 0.25) is 0 Å². The van der Waals surface area contributed by atoms with E-state index in [1.807, 2.05) is 30.6 Å². The lowest BCUT2D eigenvalue weighted by atomic mass is 9.95. The number of nitrogens with zero attached hydrogens (tertiary/aromatic N) is 2. The second-order valence-corrected chi connectivity index (χ2v) is 9.79. The normalized spacial score (nSPS) is 17.4. The predicted molar refractivity (Wildman–Crippen MR) is 145 cm³/mol. The van der Waals surface area contributed by atoms with E-state index in [0.29, 0.717) is 25.4 Å². The summed E-state index contributed by atoms with van der Waals surface area (Å²) in [5.41, 5.74) is 7.24. The highest BCUT2D eigenvalue weighted by Crippen LogP contribution is 2.43. The van der Waals surface area contributed by atoms with E-state index >= 15 is 0 Å². The van der Waals surface area contributed by atoms with Crippen LogP contribution in [-0.2, 0) is 11.2 Å². The summed E-state index contributed by atoms with van der Waals surface area (Å²) in [6.07, 6.45) is 6.03. The molecule has 1 saturated heterocycles. The first kappa shape index (κ1) is 23.3. The molecular formula is C30H30N4O3. The molecule has 2 N–H and O–H groups in total. The molecular weight excluding hydrogens is 464 g/mol. The highest BCUT2D eigenvalue weighted by atomic mass is 16.5. The van der Waals surface area contributed by atoms with E-state index in [2.05, 4.69) is 70.4 Å². The fraction of sp³-hybridized carbons (Fsp3) is 0.267. The number of hydrogen-bond acceptors (Lipinski definition) is 6. The number of morpholine rings is 1. The van der Waals surface area contributed by atoms with Crippen molar-refractivity contribution in [2.24, 2.45) is 0 Å². The lowest BCUT2D eigenvalue weighted by Gasteiger charge is -2.35. The molecule has 2 aliphatic rings. The van der Waals surface area contributed by atoms with E-state index in [-0.39, 0.29) is 17.7 Å². The SMILES string of the molecule is Cc1cncc(C(C)Nc2ccc3c(c2)Cc2cccc(C4CN(c5ccc[nH]c5=O)CCO4)c2O3)c1. The van der Waals surface area contributed by atoms with Gasteiger partial charge in [-0.25, -0.2) is 0 Å². The Morgan fingerprint density at radius 3 is 2.89 bits per heavy atom. The molecule has 37 heavy (non-hydrogen) atoms. The largest absolute Gasteiger partial charge is 0.456 e. The first-order valence-electron chi connectivity index (χ1n) is 12.7. The summed E-state index contributed by atoms with van der Waals surface area (Å²) in [5.74, 6) is 1.73. The van der Waals surface area contributed by atoms with Crippen molar-refractivity contribution < 1.29 is 9.47 Å². The van der Waals surface area contributed by atoms with Crippen molar-refractivity contribution >= 4 is 11.4 Å². The van der Waals surface area contributed by atoms with Gasteiger partial charge in [-0.15, -0.1) is 0 Å². The summed E-state index contributed by atoms with van der Waals surface area (Å²) in [7, 11) is 0. The number of rotatable bonds is 5. The van der Waals surface area contributed by atoms with Crippen molar-refractivity contribution in [3.63, 3.8) is 0 Å². The number of benzene rings is 2. The van der Waals surface area contributed by atoms with Gasteiger partial charge in [0.15, 0.2) is 0 Å². The minimum absolute atomic E-state index is 0.0826. The molecule has 0 amide bonds. The molecule has 0 aliphatic carbocycles. The topological polar surface area (TPSA) is 79.5 Å². The third kappa shape index (κ3) is 4.70. The fourth-order valence-electron chi connectivity index (χ4n) is 5.21. The number of anilines is 2. The number of aryl methyl sites for hydroxylation is 1. The monoisotopic (exact) mass is 494 g/mol. The van der Waals surface area contributed by atoms with E-state index in [1.54, 1.807) is 6.20 Å². The molecule has 2 aromatic carbocycles. The summed E-state index contributed by atoms with van der Waals surface area (Å²) >= 11 is 0. The molecule has 7 heteroatoms. The average Bonchev–Trinajstić information content (AvgIpc) is 2.92. The van der Waals surface area contributed by atoms with Gasteiger partial charge in [-0.1, -0.05) is 24.3 Å². The average molecular weight is 495 g/mol. The molecule has 188 valence electrons. The first-order valence-corrected chi connectivity index (χ1v) is 12.7. The minimum Gasteiger partial charge on any atom is -0.456 e. The highest BCUT2D eigenvalue weighted by molar-refractivity contribution is 5.59. The standard InChI is InChI=1S/C30H30N4O3/c1-19-13-23(17-31-16-19)20(2)33-24-8-9-27-22(15-24)14-21-5-3-6-25(29(21)37-27)28-18-34(11-12-36-28)26-7-4-10-32-30(26)35/h3-10,13,15-17,20,28,33H,11-12,14,18H2,1-2H3,(H,32,35). The smallest absolute Gasteiger partial charge is 0.271 e. The quantitative estimate of drug-likeness (QED) is 0.335. The van der Waals surface area contributed by atoms with Crippen molar-refractivity contribution in [1.82, 2.24) is 9.97 Å². The summed E-state index contributed by atoms with van der Waals surface area (Å²) in [6, 6.07) is 18.5. The van der Waals surface area contributed by atoms with Crippen LogP contribution in [0.5, 0.6) is 11.5 Å². The minimum atomic E-state index is -0.186. The Labute approximate surface area is 216 Å². The van der Waals surface area contributed by atoms with Gasteiger partial charge < -0.3 is 24.7 Å². The highest BCUT2D eigenvalue weighted by Gasteiger charge is 2.29. The zero-order valence-electron chi connectivity index (χ0n) is 21.0. The Hall–Kier alpha value is -4.10. The van der Waals surface area contributed by atoms with Crippen molar-refractivity contribution in [3.8, 4) is 11.5 Å². The van der Waals surface area contributed by atoms with E-state index in [4.69, 9.17) is 9.47 Å². The number of pyridine rings is 2. The molecule has 0 saturated carbocycles. The fourth-order valence-corrected chi connectivity index (χ4v) is 5.21. The number of aromatic nitrogens is 2. The van der Waals surface area contributed by atoms with Crippen LogP contribution in [0.15, 0.2) is 78.0 Å². The van der Waals surface area contributed by atoms with Crippen molar-refractivity contribution in [2.45, 2.75) is 32.4 Å². The molecule has 2 aliphatic heterocycles. The maximum absolute atomic E-state index is 12.4. The Bertz CT molecular complexity index is 1500. The molecule has 6 rings (SSSR count). The number of hydrogen-bond donors (Lipinski definition) is 2. The molecule has 0 bridgehead atoms. The van der Waals surface area contributed by atoms with Crippen LogP contribution in [0.4, 0.5) is 11.4 Å². The molecule has 1 fully saturated rings. The number of para-hydroxylation sites is 1. The zero-order valence-corrected chi connectivity index (χ0v) is 21.0. The van der Waals surface area contributed by atoms with E-state index < -0.39 is 0 Å². The van der Waals surface area contributed by atoms with Crippen LogP contribution in [0.2, 0.25) is 0 Å². The number of nitrogens with one attached hydrogen (secondary N) is 2. The van der Waals surface area contributed by atoms with Gasteiger partial charge in [0.05, 0.1) is 12.6 Å². The van der Waals surface area contributed by atoms with Crippen molar-refractivity contribution in [1.29, 1.82) is 0 Å². The molecule has 2 aromatic heterocycles. The van der Waals surface area contributed by atoms with Crippen LogP contribution in [0.3, 0.4) is 0 Å². The van der Waals surface area contributed by atoms with Crippen LogP contribution < -0.4 is 20.5 Å². The molecule has 4 aromatic rings. The Morgan fingerprint density at radius 2 is 2.03 bits per heavy atom. The Balaban J connectivity index is 1.22. The van der Waals surface area contributed by atoms with Crippen LogP contribution in [0, 0.1) is 6.92 Å². The van der Waals surface area contributed by atoms with Crippen molar-refractivity contribution in [3.05, 3.63) is 111 Å². The van der Waals surface area contributed by atoms with Crippen molar-refractivity contribution in [2.75, 3.05) is 29.9 Å². The van der Waals surface area contributed by atoms with Gasteiger partial charge >= 0.3 is 0 Å². The van der Waals surface area contributed by atoms with Gasteiger partial charge in [0, 0.05) is 54.9 Å². The summed E-state index contributed by atoms with van der Waals surface area (Å²) in [4.78, 5) is 21.5. The molecule has 2 atom stereocenters. The Kier molecular flexibility index (Phi) is 6.14. The van der Waals surface area contributed by atoms with Gasteiger partial charge in [-0.3, -0.25) is 9.78 Å². The number of ether oxygens (including phenoxy) is 2. The van der Waals surface area contributed by atoms with Gasteiger partial charge in [-0.05, 0) is 60.9 Å². The number of H-pyrrole nitrogens is 1. The lowest BCUT2D eigenvalue weighted by Crippen LogP contribution is -2.41. The molecule has 0 radical (unpaired) electrons. The third-order valence-corrected chi connectivity index (χ3v) is 7.11. The Morgan fingerprint density at radius 1 is 1.11 bits per heavy atom. The molecule has 4 heterocycles. The third-order valence-electron chi connectivity index (χ3n) is 7.11. The molecule has 2 unspecified atom stereocenters. The number of fused-ring (bicyclic) bond motifs is 2. The maximum Gasteiger partial charge on any atom is 0.271 e. The zero-order chi connectivity index (χ0) is 25.4. The predicted octanol–water partition coefficient (Wildman–Crippen LogP) is 5.53. The second-order valence-electron chi connectivity index (χ2n) is 9.79. The lowest BCUT2D eigenvalue weighted by molar-refractivity contribution is 0.0383. The maximum atomic E-state index is 12.4. The summed E-state index contributed by atoms with van der Waals surface area (Å²) < 4.78 is 12.7. The van der Waals surface area contributed by atoms with Gasteiger partial charge in [0.25, 0.3) is 5.56 Å². The van der Waals surface area contributed by atoms with Crippen LogP contribution in [0.1, 0.15) is 46.9 Å². The van der Waals surface area contributed by atoms with Crippen LogP contribution >= 0.6 is 0 Å². The second kappa shape index (κ2) is 9.75. The van der Waals surface area contributed by atoms with E-state index in [0.717, 1.165) is 51.4 Å². The summed E-state index contributed by atoms with van der Waals surface area (Å²) in [5, 5.41) is 3.60. The van der Waals surface area contributed by atoms with Crippen LogP contribution in [0.25, 0.3) is 0 Å². The van der Waals surface area contributed by atoms with E-state index in [9.17, 15) is 4.79 Å². The first-order chi connectivity index (χ1) is 18.0. The van der Waals surface area contributed by atoms with E-state index in [1.165, 1.54) is 0 Å². The van der Waals surface area contributed by atoms with Crippen LogP contribution in [-0.4, -0.2) is 29.7 Å². The van der Waals surface area contributed by atoms with Gasteiger partial charge in [-0.2, -0.15) is 0 Å². The summed E-state index contributed by atoms with van der Waals surface area (Å²) in [6.45, 7) is 6.01. The molecule has 7 nitrogen and oxygen atoms in total.